The molecule has 0 aliphatic carbocycles. The van der Waals surface area contributed by atoms with E-state index in [2.05, 4.69) is 19.1 Å². The molecule has 0 aromatic carbocycles. The Kier molecular flexibility index (Phi) is 22.2. The predicted molar refractivity (Wildman–Crippen MR) is 138 cm³/mol. The molecule has 0 bridgehead atoms. The standard InChI is InChI=1S/C28H54O5/c1-5-6-7-8-9-10-11-12-13-14-15-16-17-19-22-31-25-26(24-29)32-23-20-18-21-27(30)33-28(2,3)4/h10-11,26,29H,5-9,12-25H2,1-4H3/t26-/m0/s1. The van der Waals surface area contributed by atoms with E-state index in [0.717, 1.165) is 25.9 Å². The maximum absolute atomic E-state index is 11.7. The van der Waals surface area contributed by atoms with Gasteiger partial charge in [0.15, 0.2) is 0 Å². The van der Waals surface area contributed by atoms with Crippen molar-refractivity contribution in [3.05, 3.63) is 12.2 Å². The summed E-state index contributed by atoms with van der Waals surface area (Å²) in [5.74, 6) is -0.172. The van der Waals surface area contributed by atoms with Crippen molar-refractivity contribution >= 4 is 5.97 Å². The molecule has 0 aliphatic heterocycles. The highest BCUT2D eigenvalue weighted by molar-refractivity contribution is 5.69. The molecule has 1 atom stereocenters. The molecular weight excluding hydrogens is 416 g/mol. The van der Waals surface area contributed by atoms with Gasteiger partial charge in [-0.05, 0) is 65.7 Å². The SMILES string of the molecule is CCCCCCC=CCCCCCCCCOC[C@H](CO)OCCCCC(=O)OC(C)(C)C. The zero-order valence-corrected chi connectivity index (χ0v) is 22.2. The molecule has 0 fully saturated rings. The van der Waals surface area contributed by atoms with Gasteiger partial charge in [0.25, 0.3) is 0 Å². The summed E-state index contributed by atoms with van der Waals surface area (Å²) >= 11 is 0. The van der Waals surface area contributed by atoms with Crippen LogP contribution in [0.5, 0.6) is 0 Å². The van der Waals surface area contributed by atoms with Gasteiger partial charge in [0.2, 0.25) is 0 Å². The molecule has 0 rings (SSSR count). The Morgan fingerprint density at radius 1 is 0.818 bits per heavy atom. The Labute approximate surface area is 204 Å². The highest BCUT2D eigenvalue weighted by Crippen LogP contribution is 2.11. The molecule has 0 heterocycles. The third-order valence-corrected chi connectivity index (χ3v) is 5.36. The quantitative estimate of drug-likeness (QED) is 0.0975. The van der Waals surface area contributed by atoms with Crippen molar-refractivity contribution in [1.29, 1.82) is 0 Å². The molecule has 0 aromatic rings. The minimum Gasteiger partial charge on any atom is -0.460 e. The van der Waals surface area contributed by atoms with Crippen molar-refractivity contribution in [2.24, 2.45) is 0 Å². The summed E-state index contributed by atoms with van der Waals surface area (Å²) in [4.78, 5) is 11.7. The van der Waals surface area contributed by atoms with E-state index in [0.29, 0.717) is 19.6 Å². The molecular formula is C28H54O5. The van der Waals surface area contributed by atoms with E-state index in [9.17, 15) is 9.90 Å². The summed E-state index contributed by atoms with van der Waals surface area (Å²) in [5, 5.41) is 9.44. The Bertz CT molecular complexity index is 456. The first-order chi connectivity index (χ1) is 15.9. The van der Waals surface area contributed by atoms with E-state index in [1.165, 1.54) is 70.6 Å². The average molecular weight is 471 g/mol. The summed E-state index contributed by atoms with van der Waals surface area (Å²) in [7, 11) is 0. The number of carbonyl (C=O) groups excluding carboxylic acids is 1. The smallest absolute Gasteiger partial charge is 0.306 e. The first-order valence-electron chi connectivity index (χ1n) is 13.6. The summed E-state index contributed by atoms with van der Waals surface area (Å²) in [6.07, 6.45) is 21.6. The number of unbranched alkanes of at least 4 members (excludes halogenated alkanes) is 11. The Hall–Kier alpha value is -0.910. The minimum absolute atomic E-state index is 0.0424. The molecule has 0 unspecified atom stereocenters. The largest absolute Gasteiger partial charge is 0.460 e. The van der Waals surface area contributed by atoms with Gasteiger partial charge in [-0.1, -0.05) is 64.0 Å². The van der Waals surface area contributed by atoms with E-state index in [-0.39, 0.29) is 18.7 Å². The lowest BCUT2D eigenvalue weighted by molar-refractivity contribution is -0.155. The van der Waals surface area contributed by atoms with Crippen LogP contribution in [0.3, 0.4) is 0 Å². The van der Waals surface area contributed by atoms with Gasteiger partial charge in [-0.2, -0.15) is 0 Å². The van der Waals surface area contributed by atoms with E-state index in [1.807, 2.05) is 20.8 Å². The van der Waals surface area contributed by atoms with Crippen LogP contribution in [0.1, 0.15) is 124 Å². The van der Waals surface area contributed by atoms with Gasteiger partial charge in [0.05, 0.1) is 13.2 Å². The molecule has 0 saturated heterocycles. The van der Waals surface area contributed by atoms with Crippen molar-refractivity contribution in [2.75, 3.05) is 26.4 Å². The zero-order chi connectivity index (χ0) is 24.6. The summed E-state index contributed by atoms with van der Waals surface area (Å²) in [6, 6.07) is 0. The number of allylic oxidation sites excluding steroid dienone is 2. The molecule has 5 nitrogen and oxygen atoms in total. The Balaban J connectivity index is 3.43. The van der Waals surface area contributed by atoms with Crippen molar-refractivity contribution in [3.8, 4) is 0 Å². The number of esters is 1. The van der Waals surface area contributed by atoms with Crippen LogP contribution in [0.4, 0.5) is 0 Å². The fraction of sp³-hybridized carbons (Fsp3) is 0.893. The van der Waals surface area contributed by atoms with Crippen LogP contribution < -0.4 is 0 Å². The van der Waals surface area contributed by atoms with E-state index < -0.39 is 5.60 Å². The van der Waals surface area contributed by atoms with Crippen LogP contribution in [-0.4, -0.2) is 49.2 Å². The van der Waals surface area contributed by atoms with Gasteiger partial charge in [0, 0.05) is 19.6 Å². The molecule has 0 saturated carbocycles. The van der Waals surface area contributed by atoms with Crippen LogP contribution in [0.15, 0.2) is 12.2 Å². The molecule has 0 radical (unpaired) electrons. The fourth-order valence-corrected chi connectivity index (χ4v) is 3.48. The lowest BCUT2D eigenvalue weighted by Crippen LogP contribution is -2.25. The molecule has 0 aromatic heterocycles. The Morgan fingerprint density at radius 2 is 1.39 bits per heavy atom. The number of carbonyl (C=O) groups is 1. The first kappa shape index (κ1) is 32.1. The molecule has 33 heavy (non-hydrogen) atoms. The van der Waals surface area contributed by atoms with Crippen LogP contribution in [0, 0.1) is 0 Å². The lowest BCUT2D eigenvalue weighted by Gasteiger charge is -2.19. The number of rotatable bonds is 23. The number of aliphatic hydroxyl groups is 1. The van der Waals surface area contributed by atoms with Crippen molar-refractivity contribution in [3.63, 3.8) is 0 Å². The van der Waals surface area contributed by atoms with Gasteiger partial charge in [-0.3, -0.25) is 4.79 Å². The van der Waals surface area contributed by atoms with Crippen LogP contribution in [0.2, 0.25) is 0 Å². The minimum atomic E-state index is -0.433. The monoisotopic (exact) mass is 470 g/mol. The highest BCUT2D eigenvalue weighted by atomic mass is 16.6. The summed E-state index contributed by atoms with van der Waals surface area (Å²) in [5.41, 5.74) is -0.433. The average Bonchev–Trinajstić information content (AvgIpc) is 2.76. The van der Waals surface area contributed by atoms with Gasteiger partial charge >= 0.3 is 5.97 Å². The van der Waals surface area contributed by atoms with Gasteiger partial charge in [-0.25, -0.2) is 0 Å². The van der Waals surface area contributed by atoms with Crippen LogP contribution in [0.25, 0.3) is 0 Å². The number of hydrogen-bond acceptors (Lipinski definition) is 5. The normalized spacial score (nSPS) is 13.0. The first-order valence-corrected chi connectivity index (χ1v) is 13.6. The van der Waals surface area contributed by atoms with Crippen LogP contribution >= 0.6 is 0 Å². The second kappa shape index (κ2) is 22.9. The molecule has 0 amide bonds. The Morgan fingerprint density at radius 3 is 2.00 bits per heavy atom. The molecule has 1 N–H and O–H groups in total. The van der Waals surface area contributed by atoms with Crippen molar-refractivity contribution in [1.82, 2.24) is 0 Å². The number of ether oxygens (including phenoxy) is 3. The van der Waals surface area contributed by atoms with Gasteiger partial charge < -0.3 is 19.3 Å². The van der Waals surface area contributed by atoms with E-state index in [1.54, 1.807) is 0 Å². The fourth-order valence-electron chi connectivity index (χ4n) is 3.48. The zero-order valence-electron chi connectivity index (χ0n) is 22.2. The topological polar surface area (TPSA) is 65.0 Å². The lowest BCUT2D eigenvalue weighted by atomic mass is 10.1. The van der Waals surface area contributed by atoms with E-state index >= 15 is 0 Å². The van der Waals surface area contributed by atoms with E-state index in [4.69, 9.17) is 14.2 Å². The summed E-state index contributed by atoms with van der Waals surface area (Å²) in [6.45, 7) is 9.49. The maximum Gasteiger partial charge on any atom is 0.306 e. The van der Waals surface area contributed by atoms with Crippen molar-refractivity contribution in [2.45, 2.75) is 136 Å². The number of hydrogen-bond donors (Lipinski definition) is 1. The molecule has 0 spiro atoms. The van der Waals surface area contributed by atoms with Gasteiger partial charge in [-0.15, -0.1) is 0 Å². The van der Waals surface area contributed by atoms with Crippen LogP contribution in [-0.2, 0) is 19.0 Å². The highest BCUT2D eigenvalue weighted by Gasteiger charge is 2.15. The summed E-state index contributed by atoms with van der Waals surface area (Å²) < 4.78 is 16.6. The molecule has 0 aliphatic rings. The molecule has 196 valence electrons. The second-order valence-electron chi connectivity index (χ2n) is 10.0. The third kappa shape index (κ3) is 25.5. The van der Waals surface area contributed by atoms with Gasteiger partial charge in [0.1, 0.15) is 11.7 Å². The predicted octanol–water partition coefficient (Wildman–Crippen LogP) is 7.15. The third-order valence-electron chi connectivity index (χ3n) is 5.36. The molecule has 5 heteroatoms. The van der Waals surface area contributed by atoms with Crippen molar-refractivity contribution < 1.29 is 24.1 Å². The second-order valence-corrected chi connectivity index (χ2v) is 10.0. The maximum atomic E-state index is 11.7. The number of aliphatic hydroxyl groups excluding tert-OH is 1.